The van der Waals surface area contributed by atoms with Crippen molar-refractivity contribution in [3.63, 3.8) is 0 Å². The van der Waals surface area contributed by atoms with Crippen molar-refractivity contribution in [2.45, 2.75) is 26.7 Å². The molecule has 0 aliphatic heterocycles. The highest BCUT2D eigenvalue weighted by Gasteiger charge is 2.18. The predicted molar refractivity (Wildman–Crippen MR) is 105 cm³/mol. The highest BCUT2D eigenvalue weighted by molar-refractivity contribution is 5.81. The molecule has 0 saturated carbocycles. The van der Waals surface area contributed by atoms with Gasteiger partial charge < -0.3 is 23.5 Å². The van der Waals surface area contributed by atoms with Gasteiger partial charge in [0.2, 0.25) is 0 Å². The summed E-state index contributed by atoms with van der Waals surface area (Å²) in [5.74, 6) is 2.19. The number of aromatic nitrogens is 2. The number of ether oxygens (including phenoxy) is 4. The Morgan fingerprint density at radius 1 is 0.926 bits per heavy atom. The molecule has 0 atom stereocenters. The molecule has 0 aliphatic rings. The molecule has 0 aliphatic carbocycles. The molecule has 0 spiro atoms. The Labute approximate surface area is 159 Å². The number of para-hydroxylation sites is 2. The number of hydrogen-bond donors (Lipinski definition) is 0. The van der Waals surface area contributed by atoms with Crippen LogP contribution in [-0.4, -0.2) is 43.3 Å². The summed E-state index contributed by atoms with van der Waals surface area (Å²) in [6, 6.07) is 13.9. The molecule has 3 aromatic rings. The lowest BCUT2D eigenvalue weighted by molar-refractivity contribution is -0.142. The zero-order chi connectivity index (χ0) is 19.2. The van der Waals surface area contributed by atoms with Gasteiger partial charge >= 0.3 is 0 Å². The van der Waals surface area contributed by atoms with Gasteiger partial charge in [0.15, 0.2) is 17.8 Å². The minimum Gasteiger partial charge on any atom is -0.493 e. The van der Waals surface area contributed by atoms with Crippen LogP contribution in [0.3, 0.4) is 0 Å². The lowest BCUT2D eigenvalue weighted by Crippen LogP contribution is -2.24. The summed E-state index contributed by atoms with van der Waals surface area (Å²) >= 11 is 0. The summed E-state index contributed by atoms with van der Waals surface area (Å²) in [4.78, 5) is 4.84. The first-order chi connectivity index (χ1) is 13.2. The Morgan fingerprint density at radius 2 is 1.63 bits per heavy atom. The van der Waals surface area contributed by atoms with Gasteiger partial charge in [0.05, 0.1) is 31.8 Å². The molecular weight excluding hydrogens is 344 g/mol. The van der Waals surface area contributed by atoms with Crippen molar-refractivity contribution in [1.82, 2.24) is 9.55 Å². The molecule has 2 aromatic carbocycles. The van der Waals surface area contributed by atoms with E-state index in [9.17, 15) is 0 Å². The van der Waals surface area contributed by atoms with Crippen LogP contribution in [0, 0.1) is 0 Å². The third-order valence-corrected chi connectivity index (χ3v) is 4.33. The molecule has 1 aromatic heterocycles. The zero-order valence-electron chi connectivity index (χ0n) is 16.3. The van der Waals surface area contributed by atoms with E-state index in [0.717, 1.165) is 22.4 Å². The molecular formula is C21H26N2O4. The van der Waals surface area contributed by atoms with Crippen molar-refractivity contribution in [2.75, 3.05) is 27.4 Å². The molecule has 0 amide bonds. The molecule has 0 bridgehead atoms. The van der Waals surface area contributed by atoms with E-state index in [1.54, 1.807) is 14.2 Å². The van der Waals surface area contributed by atoms with Crippen LogP contribution >= 0.6 is 0 Å². The molecule has 0 N–H and O–H groups in total. The quantitative estimate of drug-likeness (QED) is 0.530. The fraction of sp³-hybridized carbons (Fsp3) is 0.381. The Hall–Kier alpha value is -2.57. The van der Waals surface area contributed by atoms with Gasteiger partial charge in [-0.2, -0.15) is 0 Å². The van der Waals surface area contributed by atoms with Gasteiger partial charge in [-0.3, -0.25) is 0 Å². The Bertz CT molecular complexity index is 885. The molecule has 1 heterocycles. The number of nitrogens with zero attached hydrogens (tertiary/aromatic N) is 2. The molecule has 0 radical (unpaired) electrons. The second-order valence-electron chi connectivity index (χ2n) is 5.94. The fourth-order valence-electron chi connectivity index (χ4n) is 3.13. The first-order valence-corrected chi connectivity index (χ1v) is 9.12. The van der Waals surface area contributed by atoms with Gasteiger partial charge in [-0.15, -0.1) is 0 Å². The number of benzene rings is 2. The van der Waals surface area contributed by atoms with Gasteiger partial charge in [-0.05, 0) is 44.2 Å². The average Bonchev–Trinajstić information content (AvgIpc) is 3.06. The third kappa shape index (κ3) is 4.07. The second kappa shape index (κ2) is 8.88. The van der Waals surface area contributed by atoms with Crippen LogP contribution in [0.15, 0.2) is 42.5 Å². The van der Waals surface area contributed by atoms with E-state index in [-0.39, 0.29) is 6.29 Å². The molecule has 6 heteroatoms. The Morgan fingerprint density at radius 3 is 2.30 bits per heavy atom. The lowest BCUT2D eigenvalue weighted by atomic mass is 10.2. The molecule has 6 nitrogen and oxygen atoms in total. The van der Waals surface area contributed by atoms with Crippen molar-refractivity contribution >= 4 is 11.0 Å². The standard InChI is InChI=1S/C21H26N2O4/c1-5-26-20(27-6-2)14-23-17-10-8-7-9-16(17)22-21(23)15-11-12-18(24-3)19(13-15)25-4/h7-13,20H,5-6,14H2,1-4H3. The minimum absolute atomic E-state index is 0.337. The smallest absolute Gasteiger partial charge is 0.175 e. The largest absolute Gasteiger partial charge is 0.493 e. The van der Waals surface area contributed by atoms with Crippen LogP contribution in [-0.2, 0) is 16.0 Å². The first kappa shape index (κ1) is 19.2. The van der Waals surface area contributed by atoms with Crippen LogP contribution in [0.1, 0.15) is 13.8 Å². The summed E-state index contributed by atoms with van der Waals surface area (Å²) in [7, 11) is 3.26. The van der Waals surface area contributed by atoms with Gasteiger partial charge in [-0.1, -0.05) is 12.1 Å². The van der Waals surface area contributed by atoms with Crippen molar-refractivity contribution in [3.05, 3.63) is 42.5 Å². The summed E-state index contributed by atoms with van der Waals surface area (Å²) in [6.07, 6.45) is -0.337. The van der Waals surface area contributed by atoms with Crippen LogP contribution in [0.2, 0.25) is 0 Å². The van der Waals surface area contributed by atoms with Gasteiger partial charge in [-0.25, -0.2) is 4.98 Å². The van der Waals surface area contributed by atoms with E-state index in [0.29, 0.717) is 31.3 Å². The van der Waals surface area contributed by atoms with Crippen molar-refractivity contribution in [1.29, 1.82) is 0 Å². The molecule has 0 unspecified atom stereocenters. The van der Waals surface area contributed by atoms with Crippen molar-refractivity contribution in [3.8, 4) is 22.9 Å². The lowest BCUT2D eigenvalue weighted by Gasteiger charge is -2.19. The number of hydrogen-bond acceptors (Lipinski definition) is 5. The van der Waals surface area contributed by atoms with Crippen molar-refractivity contribution in [2.24, 2.45) is 0 Å². The number of imidazole rings is 1. The number of methoxy groups -OCH3 is 2. The average molecular weight is 370 g/mol. The summed E-state index contributed by atoms with van der Waals surface area (Å²) in [5.41, 5.74) is 2.90. The van der Waals surface area contributed by atoms with E-state index in [2.05, 4.69) is 10.6 Å². The van der Waals surface area contributed by atoms with E-state index in [4.69, 9.17) is 23.9 Å². The minimum atomic E-state index is -0.337. The molecule has 0 fully saturated rings. The molecule has 27 heavy (non-hydrogen) atoms. The van der Waals surface area contributed by atoms with Crippen LogP contribution < -0.4 is 9.47 Å². The van der Waals surface area contributed by atoms with Gasteiger partial charge in [0, 0.05) is 18.8 Å². The van der Waals surface area contributed by atoms with Crippen LogP contribution in [0.4, 0.5) is 0 Å². The van der Waals surface area contributed by atoms with Crippen LogP contribution in [0.5, 0.6) is 11.5 Å². The van der Waals surface area contributed by atoms with Gasteiger partial charge in [0.1, 0.15) is 5.82 Å². The van der Waals surface area contributed by atoms with E-state index < -0.39 is 0 Å². The molecule has 0 saturated heterocycles. The maximum absolute atomic E-state index is 5.76. The summed E-state index contributed by atoms with van der Waals surface area (Å²) < 4.78 is 24.5. The summed E-state index contributed by atoms with van der Waals surface area (Å²) in [5, 5.41) is 0. The molecule has 144 valence electrons. The number of fused-ring (bicyclic) bond motifs is 1. The van der Waals surface area contributed by atoms with E-state index in [1.807, 2.05) is 50.2 Å². The monoisotopic (exact) mass is 370 g/mol. The van der Waals surface area contributed by atoms with Gasteiger partial charge in [0.25, 0.3) is 0 Å². The zero-order valence-corrected chi connectivity index (χ0v) is 16.3. The topological polar surface area (TPSA) is 54.7 Å². The Kier molecular flexibility index (Phi) is 6.32. The maximum Gasteiger partial charge on any atom is 0.175 e. The SMILES string of the molecule is CCOC(Cn1c(-c2ccc(OC)c(OC)c2)nc2ccccc21)OCC. The highest BCUT2D eigenvalue weighted by atomic mass is 16.7. The van der Waals surface area contributed by atoms with Crippen molar-refractivity contribution < 1.29 is 18.9 Å². The second-order valence-corrected chi connectivity index (χ2v) is 5.94. The highest BCUT2D eigenvalue weighted by Crippen LogP contribution is 2.33. The normalized spacial score (nSPS) is 11.3. The number of rotatable bonds is 9. The maximum atomic E-state index is 5.76. The third-order valence-electron chi connectivity index (χ3n) is 4.33. The first-order valence-electron chi connectivity index (χ1n) is 9.12. The van der Waals surface area contributed by atoms with E-state index >= 15 is 0 Å². The fourth-order valence-corrected chi connectivity index (χ4v) is 3.13. The van der Waals surface area contributed by atoms with Crippen LogP contribution in [0.25, 0.3) is 22.4 Å². The molecule has 3 rings (SSSR count). The summed E-state index contributed by atoms with van der Waals surface area (Å²) in [6.45, 7) is 5.65. The Balaban J connectivity index is 2.09. The van der Waals surface area contributed by atoms with E-state index in [1.165, 1.54) is 0 Å². The predicted octanol–water partition coefficient (Wildman–Crippen LogP) is 4.12.